The maximum Gasteiger partial charge on any atom is 0.228 e. The highest BCUT2D eigenvalue weighted by molar-refractivity contribution is 5.92. The molecule has 88 valence electrons. The summed E-state index contributed by atoms with van der Waals surface area (Å²) in [6, 6.07) is 0. The molecular weight excluding hydrogens is 208 g/mol. The lowest BCUT2D eigenvalue weighted by molar-refractivity contribution is -0.119. The summed E-state index contributed by atoms with van der Waals surface area (Å²) in [5, 5.41) is 9.03. The van der Waals surface area contributed by atoms with Crippen LogP contribution >= 0.6 is 0 Å². The van der Waals surface area contributed by atoms with Gasteiger partial charge in [0.25, 0.3) is 0 Å². The molecule has 0 aliphatic carbocycles. The summed E-state index contributed by atoms with van der Waals surface area (Å²) in [6.07, 6.45) is 5.05. The van der Waals surface area contributed by atoms with Crippen molar-refractivity contribution in [2.45, 2.75) is 31.8 Å². The number of anilines is 2. The molecule has 1 aliphatic rings. The summed E-state index contributed by atoms with van der Waals surface area (Å²) in [4.78, 5) is 11.6. The summed E-state index contributed by atoms with van der Waals surface area (Å²) in [5.41, 5.74) is 6.02. The van der Waals surface area contributed by atoms with Crippen LogP contribution in [0.1, 0.15) is 25.7 Å². The molecule has 1 unspecified atom stereocenters. The molecule has 16 heavy (non-hydrogen) atoms. The zero-order valence-electron chi connectivity index (χ0n) is 9.03. The standard InChI is InChI=1S/C10H16N4O2/c11-8-6-12-14-10(8)13-9(15)5-7-3-1-2-4-16-7/h6-7H,1-5,11H2,(H2,12,13,14,15). The first-order valence-corrected chi connectivity index (χ1v) is 5.46. The maximum absolute atomic E-state index is 11.6. The average molecular weight is 224 g/mol. The minimum atomic E-state index is -0.0946. The maximum atomic E-state index is 11.6. The van der Waals surface area contributed by atoms with Crippen molar-refractivity contribution in [3.8, 4) is 0 Å². The second-order valence-corrected chi connectivity index (χ2v) is 3.94. The van der Waals surface area contributed by atoms with Gasteiger partial charge >= 0.3 is 0 Å². The van der Waals surface area contributed by atoms with Gasteiger partial charge in [-0.1, -0.05) is 0 Å². The van der Waals surface area contributed by atoms with Crippen LogP contribution in [-0.2, 0) is 9.53 Å². The molecule has 1 aromatic rings. The Hall–Kier alpha value is -1.56. The zero-order chi connectivity index (χ0) is 11.4. The SMILES string of the molecule is Nc1cn[nH]c1NC(=O)CC1CCCCO1. The molecular formula is C10H16N4O2. The van der Waals surface area contributed by atoms with Crippen molar-refractivity contribution in [2.24, 2.45) is 0 Å². The average Bonchev–Trinajstić information content (AvgIpc) is 2.66. The van der Waals surface area contributed by atoms with E-state index in [1.807, 2.05) is 0 Å². The number of aromatic amines is 1. The largest absolute Gasteiger partial charge is 0.394 e. The third kappa shape index (κ3) is 2.73. The van der Waals surface area contributed by atoms with E-state index in [0.717, 1.165) is 25.9 Å². The molecule has 0 bridgehead atoms. The van der Waals surface area contributed by atoms with E-state index in [1.54, 1.807) is 0 Å². The van der Waals surface area contributed by atoms with Crippen molar-refractivity contribution in [3.05, 3.63) is 6.20 Å². The smallest absolute Gasteiger partial charge is 0.228 e. The topological polar surface area (TPSA) is 93.0 Å². The molecule has 1 amide bonds. The molecule has 1 aromatic heterocycles. The Morgan fingerprint density at radius 2 is 2.56 bits per heavy atom. The number of aromatic nitrogens is 2. The molecule has 1 aliphatic heterocycles. The highest BCUT2D eigenvalue weighted by Gasteiger charge is 2.18. The number of ether oxygens (including phenoxy) is 1. The molecule has 6 nitrogen and oxygen atoms in total. The molecule has 1 fully saturated rings. The first-order chi connectivity index (χ1) is 7.75. The van der Waals surface area contributed by atoms with Crippen molar-refractivity contribution in [3.63, 3.8) is 0 Å². The van der Waals surface area contributed by atoms with Crippen molar-refractivity contribution < 1.29 is 9.53 Å². The summed E-state index contributed by atoms with van der Waals surface area (Å²) < 4.78 is 5.48. The number of amides is 1. The molecule has 0 spiro atoms. The summed E-state index contributed by atoms with van der Waals surface area (Å²) >= 11 is 0. The van der Waals surface area contributed by atoms with Gasteiger partial charge in [0.2, 0.25) is 5.91 Å². The number of carbonyl (C=O) groups excluding carboxylic acids is 1. The molecule has 2 heterocycles. The van der Waals surface area contributed by atoms with Crippen LogP contribution in [0.15, 0.2) is 6.20 Å². The quantitative estimate of drug-likeness (QED) is 0.710. The van der Waals surface area contributed by atoms with E-state index in [-0.39, 0.29) is 12.0 Å². The minimum absolute atomic E-state index is 0.0397. The number of H-pyrrole nitrogens is 1. The predicted octanol–water partition coefficient (Wildman–Crippen LogP) is 0.890. The number of nitrogens with two attached hydrogens (primary N) is 1. The fourth-order valence-corrected chi connectivity index (χ4v) is 1.76. The number of carbonyl (C=O) groups is 1. The highest BCUT2D eigenvalue weighted by Crippen LogP contribution is 2.17. The molecule has 6 heteroatoms. The second kappa shape index (κ2) is 4.98. The molecule has 2 rings (SSSR count). The van der Waals surface area contributed by atoms with E-state index < -0.39 is 0 Å². The first kappa shape index (κ1) is 10.9. The van der Waals surface area contributed by atoms with Gasteiger partial charge in [-0.05, 0) is 19.3 Å². The molecule has 0 saturated carbocycles. The van der Waals surface area contributed by atoms with E-state index in [9.17, 15) is 4.79 Å². The van der Waals surface area contributed by atoms with Gasteiger partial charge in [0.05, 0.1) is 24.4 Å². The van der Waals surface area contributed by atoms with Gasteiger partial charge in [-0.15, -0.1) is 0 Å². The third-order valence-corrected chi connectivity index (χ3v) is 2.62. The van der Waals surface area contributed by atoms with E-state index >= 15 is 0 Å². The van der Waals surface area contributed by atoms with Crippen LogP contribution in [-0.4, -0.2) is 28.8 Å². The zero-order valence-corrected chi connectivity index (χ0v) is 9.03. The monoisotopic (exact) mass is 224 g/mol. The van der Waals surface area contributed by atoms with Gasteiger partial charge in [-0.3, -0.25) is 9.89 Å². The van der Waals surface area contributed by atoms with Crippen LogP contribution < -0.4 is 11.1 Å². The Morgan fingerprint density at radius 1 is 1.69 bits per heavy atom. The lowest BCUT2D eigenvalue weighted by Gasteiger charge is -2.21. The van der Waals surface area contributed by atoms with E-state index in [2.05, 4.69) is 15.5 Å². The fraction of sp³-hybridized carbons (Fsp3) is 0.600. The van der Waals surface area contributed by atoms with Crippen molar-refractivity contribution in [1.29, 1.82) is 0 Å². The van der Waals surface area contributed by atoms with Crippen LogP contribution in [0.2, 0.25) is 0 Å². The van der Waals surface area contributed by atoms with E-state index in [1.165, 1.54) is 6.20 Å². The van der Waals surface area contributed by atoms with Crippen LogP contribution in [0.25, 0.3) is 0 Å². The Balaban J connectivity index is 1.82. The highest BCUT2D eigenvalue weighted by atomic mass is 16.5. The van der Waals surface area contributed by atoms with Crippen molar-refractivity contribution >= 4 is 17.4 Å². The molecule has 4 N–H and O–H groups in total. The Kier molecular flexibility index (Phi) is 3.40. The van der Waals surface area contributed by atoms with Crippen LogP contribution in [0, 0.1) is 0 Å². The summed E-state index contributed by atoms with van der Waals surface area (Å²) in [6.45, 7) is 0.754. The van der Waals surface area contributed by atoms with Gasteiger partial charge in [0, 0.05) is 6.61 Å². The summed E-state index contributed by atoms with van der Waals surface area (Å²) in [7, 11) is 0. The number of hydrogen-bond donors (Lipinski definition) is 3. The van der Waals surface area contributed by atoms with E-state index in [4.69, 9.17) is 10.5 Å². The molecule has 1 saturated heterocycles. The Morgan fingerprint density at radius 3 is 3.19 bits per heavy atom. The van der Waals surface area contributed by atoms with Crippen LogP contribution in [0.5, 0.6) is 0 Å². The van der Waals surface area contributed by atoms with Crippen molar-refractivity contribution in [2.75, 3.05) is 17.7 Å². The second-order valence-electron chi connectivity index (χ2n) is 3.94. The first-order valence-electron chi connectivity index (χ1n) is 5.46. The van der Waals surface area contributed by atoms with E-state index in [0.29, 0.717) is 17.9 Å². The van der Waals surface area contributed by atoms with Gasteiger partial charge in [-0.2, -0.15) is 5.10 Å². The van der Waals surface area contributed by atoms with Gasteiger partial charge in [0.15, 0.2) is 5.82 Å². The van der Waals surface area contributed by atoms with Crippen LogP contribution in [0.3, 0.4) is 0 Å². The lowest BCUT2D eigenvalue weighted by Crippen LogP contribution is -2.25. The Labute approximate surface area is 93.5 Å². The number of nitrogen functional groups attached to an aromatic ring is 1. The Bertz CT molecular complexity index is 357. The number of rotatable bonds is 3. The number of nitrogens with zero attached hydrogens (tertiary/aromatic N) is 1. The molecule has 1 atom stereocenters. The predicted molar refractivity (Wildman–Crippen MR) is 59.8 cm³/mol. The number of nitrogens with one attached hydrogen (secondary N) is 2. The van der Waals surface area contributed by atoms with Crippen LogP contribution in [0.4, 0.5) is 11.5 Å². The van der Waals surface area contributed by atoms with Gasteiger partial charge in [0.1, 0.15) is 0 Å². The normalized spacial score (nSPS) is 20.6. The lowest BCUT2D eigenvalue weighted by atomic mass is 10.1. The fourth-order valence-electron chi connectivity index (χ4n) is 1.76. The number of hydrogen-bond acceptors (Lipinski definition) is 4. The molecule has 0 radical (unpaired) electrons. The molecule has 0 aromatic carbocycles. The van der Waals surface area contributed by atoms with Crippen molar-refractivity contribution in [1.82, 2.24) is 10.2 Å². The third-order valence-electron chi connectivity index (χ3n) is 2.62. The minimum Gasteiger partial charge on any atom is -0.394 e. The van der Waals surface area contributed by atoms with Gasteiger partial charge in [-0.25, -0.2) is 0 Å². The summed E-state index contributed by atoms with van der Waals surface area (Å²) in [5.74, 6) is 0.364. The van der Waals surface area contributed by atoms with Gasteiger partial charge < -0.3 is 15.8 Å².